The maximum Gasteiger partial charge on any atom is 0.198 e. The third-order valence-corrected chi connectivity index (χ3v) is 2.23. The zero-order chi connectivity index (χ0) is 10.8. The molecule has 1 aromatic heterocycles. The van der Waals surface area contributed by atoms with Gasteiger partial charge >= 0.3 is 0 Å². The Bertz CT molecular complexity index is 534. The van der Waals surface area contributed by atoms with Crippen LogP contribution >= 0.6 is 0 Å². The number of nitrogens with zero attached hydrogens (tertiary/aromatic N) is 5. The van der Waals surface area contributed by atoms with Crippen molar-refractivity contribution in [1.29, 1.82) is 0 Å². The first-order valence-electron chi connectivity index (χ1n) is 4.76. The molecule has 0 bridgehead atoms. The minimum atomic E-state index is 0.220. The van der Waals surface area contributed by atoms with Gasteiger partial charge in [0.15, 0.2) is 5.95 Å². The van der Waals surface area contributed by atoms with Gasteiger partial charge in [0.2, 0.25) is 0 Å². The fourth-order valence-electron chi connectivity index (χ4n) is 1.65. The molecule has 0 aliphatic rings. The van der Waals surface area contributed by atoms with Crippen molar-refractivity contribution in [3.05, 3.63) is 34.7 Å². The Morgan fingerprint density at radius 3 is 2.80 bits per heavy atom. The molecule has 0 saturated carbocycles. The molecule has 0 unspecified atom stereocenters. The fourth-order valence-corrected chi connectivity index (χ4v) is 1.65. The lowest BCUT2D eigenvalue weighted by Gasteiger charge is -2.09. The van der Waals surface area contributed by atoms with E-state index in [1.807, 2.05) is 42.7 Å². The van der Waals surface area contributed by atoms with Gasteiger partial charge in [-0.05, 0) is 36.6 Å². The number of fused-ring (bicyclic) bond motifs is 1. The summed E-state index contributed by atoms with van der Waals surface area (Å²) in [5, 5.41) is 3.60. The Balaban J connectivity index is 2.80. The lowest BCUT2D eigenvalue weighted by Crippen LogP contribution is -1.99. The Kier molecular flexibility index (Phi) is 2.31. The zero-order valence-corrected chi connectivity index (χ0v) is 8.62. The molecule has 0 amide bonds. The molecule has 0 fully saturated rings. The monoisotopic (exact) mass is 201 g/mol. The van der Waals surface area contributed by atoms with Gasteiger partial charge in [-0.2, -0.15) is 0 Å². The fraction of sp³-hybridized carbons (Fsp3) is 0.300. The smallest absolute Gasteiger partial charge is 0.198 e. The van der Waals surface area contributed by atoms with Crippen molar-refractivity contribution in [2.24, 2.45) is 5.11 Å². The first-order valence-corrected chi connectivity index (χ1v) is 4.76. The number of aromatic nitrogens is 2. The highest BCUT2D eigenvalue weighted by Gasteiger charge is 2.10. The van der Waals surface area contributed by atoms with Crippen molar-refractivity contribution in [2.75, 3.05) is 0 Å². The molecule has 0 saturated heterocycles. The highest BCUT2D eigenvalue weighted by atomic mass is 15.3. The molecule has 5 heteroatoms. The highest BCUT2D eigenvalue weighted by molar-refractivity contribution is 5.78. The van der Waals surface area contributed by atoms with Crippen LogP contribution in [-0.4, -0.2) is 9.55 Å². The second-order valence-corrected chi connectivity index (χ2v) is 3.55. The normalized spacial score (nSPS) is 10.6. The predicted molar refractivity (Wildman–Crippen MR) is 58.9 cm³/mol. The summed E-state index contributed by atoms with van der Waals surface area (Å²) in [6, 6.07) is 7.96. The largest absolute Gasteiger partial charge is 0.320 e. The molecule has 76 valence electrons. The van der Waals surface area contributed by atoms with Gasteiger partial charge in [-0.15, -0.1) is 0 Å². The summed E-state index contributed by atoms with van der Waals surface area (Å²) in [7, 11) is 0. The van der Waals surface area contributed by atoms with E-state index in [1.165, 1.54) is 0 Å². The Morgan fingerprint density at radius 1 is 1.40 bits per heavy atom. The number of para-hydroxylation sites is 2. The van der Waals surface area contributed by atoms with E-state index in [1.54, 1.807) is 0 Å². The summed E-state index contributed by atoms with van der Waals surface area (Å²) in [4.78, 5) is 7.05. The van der Waals surface area contributed by atoms with Crippen LogP contribution in [0.4, 0.5) is 5.95 Å². The van der Waals surface area contributed by atoms with Crippen molar-refractivity contribution in [3.63, 3.8) is 0 Å². The van der Waals surface area contributed by atoms with E-state index < -0.39 is 0 Å². The lowest BCUT2D eigenvalue weighted by molar-refractivity contribution is 0.621. The van der Waals surface area contributed by atoms with Crippen LogP contribution in [0.25, 0.3) is 21.5 Å². The van der Waals surface area contributed by atoms with Crippen molar-refractivity contribution < 1.29 is 0 Å². The van der Waals surface area contributed by atoms with E-state index in [9.17, 15) is 0 Å². The van der Waals surface area contributed by atoms with Crippen molar-refractivity contribution in [1.82, 2.24) is 9.55 Å². The molecule has 1 heterocycles. The summed E-state index contributed by atoms with van der Waals surface area (Å²) in [6.45, 7) is 4.06. The average molecular weight is 201 g/mol. The van der Waals surface area contributed by atoms with E-state index in [0.29, 0.717) is 5.95 Å². The van der Waals surface area contributed by atoms with E-state index >= 15 is 0 Å². The van der Waals surface area contributed by atoms with Crippen LogP contribution in [0, 0.1) is 0 Å². The molecule has 0 radical (unpaired) electrons. The SMILES string of the molecule is CC(C)n1c(N=[N+]=[N-])nc2ccccc21. The third kappa shape index (κ3) is 1.53. The summed E-state index contributed by atoms with van der Waals surface area (Å²) >= 11 is 0. The van der Waals surface area contributed by atoms with Gasteiger partial charge in [0.05, 0.1) is 11.0 Å². The third-order valence-electron chi connectivity index (χ3n) is 2.23. The average Bonchev–Trinajstić information content (AvgIpc) is 2.56. The molecule has 1 aromatic carbocycles. The summed E-state index contributed by atoms with van der Waals surface area (Å²) in [6.07, 6.45) is 0. The summed E-state index contributed by atoms with van der Waals surface area (Å²) < 4.78 is 1.93. The standard InChI is InChI=1S/C10H11N5/c1-7(2)15-9-6-4-3-5-8(9)12-10(15)13-14-11/h3-7H,1-2H3. The number of azide groups is 1. The molecule has 0 aliphatic heterocycles. The number of hydrogen-bond donors (Lipinski definition) is 0. The summed E-state index contributed by atoms with van der Waals surface area (Å²) in [5.41, 5.74) is 10.3. The number of rotatable bonds is 2. The molecular formula is C10H11N5. The quantitative estimate of drug-likeness (QED) is 0.416. The van der Waals surface area contributed by atoms with Crippen LogP contribution in [0.3, 0.4) is 0 Å². The molecular weight excluding hydrogens is 190 g/mol. The van der Waals surface area contributed by atoms with Gasteiger partial charge in [0.25, 0.3) is 0 Å². The second kappa shape index (κ2) is 3.63. The van der Waals surface area contributed by atoms with Crippen LogP contribution < -0.4 is 0 Å². The van der Waals surface area contributed by atoms with Gasteiger partial charge in [-0.25, -0.2) is 4.98 Å². The Hall–Kier alpha value is -2.00. The summed E-state index contributed by atoms with van der Waals surface area (Å²) in [5.74, 6) is 0.425. The number of imidazole rings is 1. The molecule has 0 atom stereocenters. The molecule has 2 rings (SSSR count). The number of hydrogen-bond acceptors (Lipinski definition) is 2. The van der Waals surface area contributed by atoms with Crippen molar-refractivity contribution >= 4 is 17.0 Å². The van der Waals surface area contributed by atoms with Gasteiger partial charge in [0, 0.05) is 11.0 Å². The molecule has 2 aromatic rings. The molecule has 0 aliphatic carbocycles. The predicted octanol–water partition coefficient (Wildman–Crippen LogP) is 3.56. The molecule has 15 heavy (non-hydrogen) atoms. The van der Waals surface area contributed by atoms with Gasteiger partial charge in [-0.1, -0.05) is 12.1 Å². The van der Waals surface area contributed by atoms with E-state index in [2.05, 4.69) is 15.0 Å². The van der Waals surface area contributed by atoms with Crippen LogP contribution in [-0.2, 0) is 0 Å². The highest BCUT2D eigenvalue weighted by Crippen LogP contribution is 2.25. The Morgan fingerprint density at radius 2 is 2.13 bits per heavy atom. The van der Waals surface area contributed by atoms with Crippen LogP contribution in [0.1, 0.15) is 19.9 Å². The van der Waals surface area contributed by atoms with Crippen LogP contribution in [0.5, 0.6) is 0 Å². The van der Waals surface area contributed by atoms with Crippen molar-refractivity contribution in [3.8, 4) is 0 Å². The van der Waals surface area contributed by atoms with Crippen LogP contribution in [0.2, 0.25) is 0 Å². The van der Waals surface area contributed by atoms with Gasteiger partial charge in [0.1, 0.15) is 0 Å². The van der Waals surface area contributed by atoms with Crippen molar-refractivity contribution in [2.45, 2.75) is 19.9 Å². The minimum Gasteiger partial charge on any atom is -0.320 e. The van der Waals surface area contributed by atoms with E-state index in [4.69, 9.17) is 5.53 Å². The molecule has 0 N–H and O–H groups in total. The lowest BCUT2D eigenvalue weighted by atomic mass is 10.3. The van der Waals surface area contributed by atoms with E-state index in [0.717, 1.165) is 11.0 Å². The first-order chi connectivity index (χ1) is 7.24. The Labute approximate surface area is 87.0 Å². The van der Waals surface area contributed by atoms with Gasteiger partial charge in [-0.3, -0.25) is 0 Å². The van der Waals surface area contributed by atoms with Crippen LogP contribution in [0.15, 0.2) is 29.4 Å². The first kappa shape index (κ1) is 9.55. The van der Waals surface area contributed by atoms with Gasteiger partial charge < -0.3 is 4.57 Å². The second-order valence-electron chi connectivity index (χ2n) is 3.55. The zero-order valence-electron chi connectivity index (χ0n) is 8.62. The topological polar surface area (TPSA) is 66.6 Å². The maximum absolute atomic E-state index is 8.46. The molecule has 0 spiro atoms. The number of benzene rings is 1. The van der Waals surface area contributed by atoms with E-state index in [-0.39, 0.29) is 6.04 Å². The molecule has 5 nitrogen and oxygen atoms in total. The minimum absolute atomic E-state index is 0.220. The maximum atomic E-state index is 8.46.